The summed E-state index contributed by atoms with van der Waals surface area (Å²) in [6.45, 7) is 0. The Bertz CT molecular complexity index is 480. The summed E-state index contributed by atoms with van der Waals surface area (Å²) in [4.78, 5) is 22.6. The number of carboxylic acids is 1. The predicted octanol–water partition coefficient (Wildman–Crippen LogP) is 1.57. The van der Waals surface area contributed by atoms with Crippen molar-refractivity contribution >= 4 is 35.2 Å². The molecule has 0 unspecified atom stereocenters. The van der Waals surface area contributed by atoms with Gasteiger partial charge >= 0.3 is 5.97 Å². The third kappa shape index (κ3) is 2.97. The standard InChI is InChI=1S/C12H12ClNO3S/c13-8-4-2-1-3-7(8)5-10-11(15)14-9(6-18-10)12(16)17/h1-4,9-10H,5-6H2,(H,14,15)(H,16,17)/t9-,10-/m0/s1. The van der Waals surface area contributed by atoms with Crippen LogP contribution < -0.4 is 5.32 Å². The Morgan fingerprint density at radius 1 is 1.50 bits per heavy atom. The van der Waals surface area contributed by atoms with Crippen LogP contribution in [0.25, 0.3) is 0 Å². The second kappa shape index (κ2) is 5.63. The van der Waals surface area contributed by atoms with E-state index in [1.165, 1.54) is 11.8 Å². The van der Waals surface area contributed by atoms with E-state index in [9.17, 15) is 9.59 Å². The van der Waals surface area contributed by atoms with Crippen LogP contribution in [-0.4, -0.2) is 34.0 Å². The van der Waals surface area contributed by atoms with Crippen LogP contribution in [0.3, 0.4) is 0 Å². The largest absolute Gasteiger partial charge is 0.480 e. The van der Waals surface area contributed by atoms with Crippen molar-refractivity contribution in [1.29, 1.82) is 0 Å². The molecular weight excluding hydrogens is 274 g/mol. The minimum Gasteiger partial charge on any atom is -0.480 e. The number of hydrogen-bond acceptors (Lipinski definition) is 3. The SMILES string of the molecule is O=C(O)[C@@H]1CS[C@@H](Cc2ccccc2Cl)C(=O)N1. The molecule has 1 aliphatic heterocycles. The monoisotopic (exact) mass is 285 g/mol. The molecule has 2 N–H and O–H groups in total. The molecule has 96 valence electrons. The molecule has 0 saturated carbocycles. The quantitative estimate of drug-likeness (QED) is 0.885. The fourth-order valence-corrected chi connectivity index (χ4v) is 3.12. The molecule has 0 radical (unpaired) electrons. The number of thioether (sulfide) groups is 1. The summed E-state index contributed by atoms with van der Waals surface area (Å²) in [5.74, 6) is -0.846. The van der Waals surface area contributed by atoms with Crippen LogP contribution in [0, 0.1) is 0 Å². The van der Waals surface area contributed by atoms with Gasteiger partial charge in [-0.3, -0.25) is 4.79 Å². The van der Waals surface area contributed by atoms with Crippen molar-refractivity contribution < 1.29 is 14.7 Å². The van der Waals surface area contributed by atoms with Crippen molar-refractivity contribution in [1.82, 2.24) is 5.32 Å². The highest BCUT2D eigenvalue weighted by atomic mass is 35.5. The Morgan fingerprint density at radius 2 is 2.22 bits per heavy atom. The summed E-state index contributed by atoms with van der Waals surface area (Å²) in [5, 5.41) is 11.7. The van der Waals surface area contributed by atoms with E-state index in [0.717, 1.165) is 5.56 Å². The Balaban J connectivity index is 2.02. The number of rotatable bonds is 3. The number of amides is 1. The van der Waals surface area contributed by atoms with Crippen LogP contribution in [0.2, 0.25) is 5.02 Å². The van der Waals surface area contributed by atoms with Gasteiger partial charge in [0, 0.05) is 10.8 Å². The molecule has 1 aromatic rings. The number of carbonyl (C=O) groups is 2. The van der Waals surface area contributed by atoms with Crippen LogP contribution in [0.4, 0.5) is 0 Å². The van der Waals surface area contributed by atoms with E-state index in [1.807, 2.05) is 18.2 Å². The van der Waals surface area contributed by atoms with Crippen molar-refractivity contribution in [2.45, 2.75) is 17.7 Å². The molecule has 2 rings (SSSR count). The van der Waals surface area contributed by atoms with Gasteiger partial charge in [0.05, 0.1) is 5.25 Å². The van der Waals surface area contributed by atoms with Crippen molar-refractivity contribution in [3.63, 3.8) is 0 Å². The second-order valence-corrected chi connectivity index (χ2v) is 5.66. The zero-order chi connectivity index (χ0) is 13.1. The van der Waals surface area contributed by atoms with Crippen molar-refractivity contribution in [2.75, 3.05) is 5.75 Å². The highest BCUT2D eigenvalue weighted by molar-refractivity contribution is 8.00. The Hall–Kier alpha value is -1.20. The van der Waals surface area contributed by atoms with Gasteiger partial charge in [-0.1, -0.05) is 29.8 Å². The minimum atomic E-state index is -0.993. The van der Waals surface area contributed by atoms with Crippen LogP contribution in [0.15, 0.2) is 24.3 Å². The molecule has 6 heteroatoms. The van der Waals surface area contributed by atoms with Crippen LogP contribution >= 0.6 is 23.4 Å². The lowest BCUT2D eigenvalue weighted by Gasteiger charge is -2.26. The third-order valence-electron chi connectivity index (χ3n) is 2.73. The van der Waals surface area contributed by atoms with Gasteiger partial charge in [0.15, 0.2) is 0 Å². The fourth-order valence-electron chi connectivity index (χ4n) is 1.74. The highest BCUT2D eigenvalue weighted by Crippen LogP contribution is 2.25. The summed E-state index contributed by atoms with van der Waals surface area (Å²) in [5.41, 5.74) is 0.903. The maximum atomic E-state index is 11.8. The van der Waals surface area contributed by atoms with Gasteiger partial charge in [-0.05, 0) is 18.1 Å². The van der Waals surface area contributed by atoms with Gasteiger partial charge in [-0.15, -0.1) is 11.8 Å². The summed E-state index contributed by atoms with van der Waals surface area (Å²) in [6, 6.07) is 6.57. The van der Waals surface area contributed by atoms with E-state index in [0.29, 0.717) is 17.2 Å². The topological polar surface area (TPSA) is 66.4 Å². The van der Waals surface area contributed by atoms with Gasteiger partial charge in [-0.25, -0.2) is 4.79 Å². The number of halogens is 1. The highest BCUT2D eigenvalue weighted by Gasteiger charge is 2.32. The summed E-state index contributed by atoms with van der Waals surface area (Å²) in [6.07, 6.45) is 0.516. The molecule has 1 amide bonds. The number of aliphatic carboxylic acids is 1. The fraction of sp³-hybridized carbons (Fsp3) is 0.333. The first-order chi connectivity index (χ1) is 8.58. The lowest BCUT2D eigenvalue weighted by atomic mass is 10.1. The van der Waals surface area contributed by atoms with E-state index in [2.05, 4.69) is 5.32 Å². The third-order valence-corrected chi connectivity index (χ3v) is 4.41. The van der Waals surface area contributed by atoms with E-state index >= 15 is 0 Å². The zero-order valence-corrected chi connectivity index (χ0v) is 11.0. The second-order valence-electron chi connectivity index (χ2n) is 4.02. The Morgan fingerprint density at radius 3 is 2.83 bits per heavy atom. The smallest absolute Gasteiger partial charge is 0.327 e. The Kier molecular flexibility index (Phi) is 4.14. The normalized spacial score (nSPS) is 23.5. The lowest BCUT2D eigenvalue weighted by Crippen LogP contribution is -2.51. The molecule has 2 atom stereocenters. The van der Waals surface area contributed by atoms with Crippen molar-refractivity contribution in [2.24, 2.45) is 0 Å². The van der Waals surface area contributed by atoms with Gasteiger partial charge in [0.2, 0.25) is 5.91 Å². The summed E-state index contributed by atoms with van der Waals surface area (Å²) >= 11 is 7.39. The molecule has 0 aromatic heterocycles. The molecule has 0 spiro atoms. The van der Waals surface area contributed by atoms with Gasteiger partial charge in [0.1, 0.15) is 6.04 Å². The van der Waals surface area contributed by atoms with Crippen LogP contribution in [0.1, 0.15) is 5.56 Å². The molecule has 1 aromatic carbocycles. The molecule has 1 heterocycles. The van der Waals surface area contributed by atoms with Crippen molar-refractivity contribution in [3.05, 3.63) is 34.9 Å². The van der Waals surface area contributed by atoms with Crippen molar-refractivity contribution in [3.8, 4) is 0 Å². The average Bonchev–Trinajstić information content (AvgIpc) is 2.34. The minimum absolute atomic E-state index is 0.237. The summed E-state index contributed by atoms with van der Waals surface area (Å²) < 4.78 is 0. The summed E-state index contributed by atoms with van der Waals surface area (Å²) in [7, 11) is 0. The Labute approximate surface area is 114 Å². The van der Waals surface area contributed by atoms with Gasteiger partial charge in [-0.2, -0.15) is 0 Å². The number of carbonyl (C=O) groups excluding carboxylic acids is 1. The van der Waals surface area contributed by atoms with E-state index < -0.39 is 12.0 Å². The average molecular weight is 286 g/mol. The van der Waals surface area contributed by atoms with E-state index in [1.54, 1.807) is 6.07 Å². The molecular formula is C12H12ClNO3S. The van der Waals surface area contributed by atoms with E-state index in [-0.39, 0.29) is 11.2 Å². The van der Waals surface area contributed by atoms with Gasteiger partial charge in [0.25, 0.3) is 0 Å². The van der Waals surface area contributed by atoms with Crippen LogP contribution in [0.5, 0.6) is 0 Å². The molecule has 1 saturated heterocycles. The predicted molar refractivity (Wildman–Crippen MR) is 71.0 cm³/mol. The van der Waals surface area contributed by atoms with Gasteiger partial charge < -0.3 is 10.4 Å². The molecule has 4 nitrogen and oxygen atoms in total. The lowest BCUT2D eigenvalue weighted by molar-refractivity contribution is -0.141. The molecule has 0 aliphatic carbocycles. The first-order valence-electron chi connectivity index (χ1n) is 5.46. The molecule has 18 heavy (non-hydrogen) atoms. The molecule has 1 aliphatic rings. The molecule has 0 bridgehead atoms. The van der Waals surface area contributed by atoms with Crippen LogP contribution in [-0.2, 0) is 16.0 Å². The zero-order valence-electron chi connectivity index (χ0n) is 9.43. The maximum Gasteiger partial charge on any atom is 0.327 e. The number of hydrogen-bond donors (Lipinski definition) is 2. The first kappa shape index (κ1) is 13.2. The number of nitrogens with one attached hydrogen (secondary N) is 1. The number of carboxylic acid groups (broad SMARTS) is 1. The maximum absolute atomic E-state index is 11.8. The van der Waals surface area contributed by atoms with E-state index in [4.69, 9.17) is 16.7 Å². The molecule has 1 fully saturated rings. The first-order valence-corrected chi connectivity index (χ1v) is 6.89. The number of benzene rings is 1.